The van der Waals surface area contributed by atoms with Crippen molar-refractivity contribution in [2.45, 2.75) is 57.8 Å². The molecule has 2 N–H and O–H groups in total. The number of carbonyl (C=O) groups excluding carboxylic acids is 2. The number of urea groups is 1. The summed E-state index contributed by atoms with van der Waals surface area (Å²) in [5, 5.41) is 5.23. The average Bonchev–Trinajstić information content (AvgIpc) is 2.76. The van der Waals surface area contributed by atoms with Gasteiger partial charge in [0.05, 0.1) is 5.56 Å². The summed E-state index contributed by atoms with van der Waals surface area (Å²) in [5.74, 6) is -0.516. The molecule has 1 aliphatic heterocycles. The van der Waals surface area contributed by atoms with Crippen molar-refractivity contribution in [2.24, 2.45) is 0 Å². The van der Waals surface area contributed by atoms with Crippen molar-refractivity contribution in [3.63, 3.8) is 0 Å². The molecule has 1 heterocycles. The van der Waals surface area contributed by atoms with Gasteiger partial charge in [-0.05, 0) is 44.4 Å². The maximum Gasteiger partial charge on any atom is 0.416 e. The van der Waals surface area contributed by atoms with Crippen LogP contribution in [0.3, 0.4) is 0 Å². The molecule has 10 heteroatoms. The lowest BCUT2D eigenvalue weighted by molar-refractivity contribution is -0.137. The minimum Gasteiger partial charge on any atom is -0.353 e. The standard InChI is InChI=1S/C22H32ClF3N4O2/c1-3-5-16(2)29-11-8-19(9-12-29)30(13-10-27-20(31)15-23)21(32)28-18-7-4-6-17(14-18)22(24,25)26/h4,6-7,14,16,19H,3,5,8-13,15H2,1-2H3,(H,27,31)(H,28,32). The molecule has 32 heavy (non-hydrogen) atoms. The molecule has 0 saturated carbocycles. The van der Waals surface area contributed by atoms with Crippen LogP contribution < -0.4 is 10.6 Å². The minimum absolute atomic E-state index is 0.0706. The van der Waals surface area contributed by atoms with E-state index in [0.29, 0.717) is 6.04 Å². The van der Waals surface area contributed by atoms with Crippen LogP contribution in [0.4, 0.5) is 23.7 Å². The van der Waals surface area contributed by atoms with E-state index in [1.54, 1.807) is 4.90 Å². The van der Waals surface area contributed by atoms with Gasteiger partial charge >= 0.3 is 12.2 Å². The normalized spacial score (nSPS) is 16.4. The number of carbonyl (C=O) groups is 2. The van der Waals surface area contributed by atoms with Gasteiger partial charge in [-0.1, -0.05) is 19.4 Å². The van der Waals surface area contributed by atoms with Gasteiger partial charge < -0.3 is 20.4 Å². The van der Waals surface area contributed by atoms with Crippen LogP contribution in [-0.4, -0.2) is 65.9 Å². The Morgan fingerprint density at radius 2 is 1.97 bits per heavy atom. The van der Waals surface area contributed by atoms with Gasteiger partial charge in [0.2, 0.25) is 5.91 Å². The molecule has 1 atom stereocenters. The number of nitrogens with one attached hydrogen (secondary N) is 2. The number of piperidine rings is 1. The largest absolute Gasteiger partial charge is 0.416 e. The Bertz CT molecular complexity index is 755. The number of halogens is 4. The van der Waals surface area contributed by atoms with Crippen molar-refractivity contribution in [1.82, 2.24) is 15.1 Å². The lowest BCUT2D eigenvalue weighted by atomic mass is 10.0. The monoisotopic (exact) mass is 476 g/mol. The van der Waals surface area contributed by atoms with Crippen molar-refractivity contribution in [1.29, 1.82) is 0 Å². The van der Waals surface area contributed by atoms with Crippen LogP contribution in [0.15, 0.2) is 24.3 Å². The molecule has 6 nitrogen and oxygen atoms in total. The number of amides is 3. The van der Waals surface area contributed by atoms with Crippen molar-refractivity contribution >= 4 is 29.2 Å². The minimum atomic E-state index is -4.49. The molecule has 1 unspecified atom stereocenters. The Labute approximate surface area is 192 Å². The van der Waals surface area contributed by atoms with E-state index in [0.717, 1.165) is 50.9 Å². The smallest absolute Gasteiger partial charge is 0.353 e. The third kappa shape index (κ3) is 7.85. The third-order valence-corrected chi connectivity index (χ3v) is 6.01. The molecule has 0 spiro atoms. The fourth-order valence-corrected chi connectivity index (χ4v) is 4.11. The van der Waals surface area contributed by atoms with Crippen LogP contribution in [-0.2, 0) is 11.0 Å². The maximum atomic E-state index is 13.0. The first kappa shape index (κ1) is 26.3. The first-order chi connectivity index (χ1) is 15.2. The number of hydrogen-bond donors (Lipinski definition) is 2. The molecule has 1 aromatic carbocycles. The SMILES string of the molecule is CCCC(C)N1CCC(N(CCNC(=O)CCl)C(=O)Nc2cccc(C(F)(F)F)c2)CC1. The molecule has 2 rings (SSSR count). The van der Waals surface area contributed by atoms with Gasteiger partial charge in [-0.3, -0.25) is 4.79 Å². The molecule has 180 valence electrons. The predicted octanol–water partition coefficient (Wildman–Crippen LogP) is 4.55. The number of anilines is 1. The molecule has 0 radical (unpaired) electrons. The Morgan fingerprint density at radius 1 is 1.28 bits per heavy atom. The van der Waals surface area contributed by atoms with Gasteiger partial charge in [-0.25, -0.2) is 4.79 Å². The number of likely N-dealkylation sites (tertiary alicyclic amines) is 1. The average molecular weight is 477 g/mol. The molecular formula is C22H32ClF3N4O2. The molecule has 0 bridgehead atoms. The number of rotatable bonds is 9. The molecule has 0 aromatic heterocycles. The van der Waals surface area contributed by atoms with E-state index >= 15 is 0 Å². The Morgan fingerprint density at radius 3 is 2.56 bits per heavy atom. The number of alkyl halides is 4. The van der Waals surface area contributed by atoms with E-state index in [1.165, 1.54) is 12.1 Å². The van der Waals surface area contributed by atoms with Gasteiger partial charge in [-0.15, -0.1) is 11.6 Å². The second kappa shape index (κ2) is 12.3. The number of nitrogens with zero attached hydrogens (tertiary/aromatic N) is 2. The van der Waals surface area contributed by atoms with Crippen LogP contribution in [0.5, 0.6) is 0 Å². The van der Waals surface area contributed by atoms with Gasteiger partial charge in [0.1, 0.15) is 5.88 Å². The highest BCUT2D eigenvalue weighted by atomic mass is 35.5. The van der Waals surface area contributed by atoms with E-state index in [2.05, 4.69) is 29.4 Å². The summed E-state index contributed by atoms with van der Waals surface area (Å²) in [5.41, 5.74) is -0.747. The van der Waals surface area contributed by atoms with Crippen molar-refractivity contribution in [3.05, 3.63) is 29.8 Å². The highest BCUT2D eigenvalue weighted by Crippen LogP contribution is 2.31. The summed E-state index contributed by atoms with van der Waals surface area (Å²) in [7, 11) is 0. The van der Waals surface area contributed by atoms with Crippen LogP contribution in [0.25, 0.3) is 0 Å². The van der Waals surface area contributed by atoms with Crippen molar-refractivity contribution in [3.8, 4) is 0 Å². The first-order valence-corrected chi connectivity index (χ1v) is 11.5. The third-order valence-electron chi connectivity index (χ3n) is 5.77. The molecule has 0 aliphatic carbocycles. The van der Waals surface area contributed by atoms with Crippen molar-refractivity contribution in [2.75, 3.05) is 37.4 Å². The fraction of sp³-hybridized carbons (Fsp3) is 0.636. The van der Waals surface area contributed by atoms with E-state index in [1.807, 2.05) is 0 Å². The summed E-state index contributed by atoms with van der Waals surface area (Å²) in [6, 6.07) is 4.48. The molecular weight excluding hydrogens is 445 g/mol. The van der Waals surface area contributed by atoms with Gasteiger partial charge in [-0.2, -0.15) is 13.2 Å². The quantitative estimate of drug-likeness (QED) is 0.514. The zero-order chi connectivity index (χ0) is 23.7. The van der Waals surface area contributed by atoms with E-state index in [-0.39, 0.29) is 36.6 Å². The number of hydrogen-bond acceptors (Lipinski definition) is 3. The predicted molar refractivity (Wildman–Crippen MR) is 120 cm³/mol. The molecule has 1 aliphatic rings. The Balaban J connectivity index is 2.07. The fourth-order valence-electron chi connectivity index (χ4n) is 4.02. The maximum absolute atomic E-state index is 13.0. The number of benzene rings is 1. The topological polar surface area (TPSA) is 64.7 Å². The molecule has 1 aromatic rings. The Kier molecular flexibility index (Phi) is 10.1. The molecule has 3 amide bonds. The lowest BCUT2D eigenvalue weighted by Gasteiger charge is -2.40. The second-order valence-corrected chi connectivity index (χ2v) is 8.36. The van der Waals surface area contributed by atoms with Crippen molar-refractivity contribution < 1.29 is 22.8 Å². The highest BCUT2D eigenvalue weighted by molar-refractivity contribution is 6.27. The van der Waals surface area contributed by atoms with E-state index in [9.17, 15) is 22.8 Å². The summed E-state index contributed by atoms with van der Waals surface area (Å²) in [6.07, 6.45) is -0.767. The highest BCUT2D eigenvalue weighted by Gasteiger charge is 2.32. The van der Waals surface area contributed by atoms with E-state index < -0.39 is 17.8 Å². The lowest BCUT2D eigenvalue weighted by Crippen LogP contribution is -2.52. The van der Waals surface area contributed by atoms with Gasteiger partial charge in [0, 0.05) is 44.0 Å². The van der Waals surface area contributed by atoms with Gasteiger partial charge in [0.25, 0.3) is 0 Å². The van der Waals surface area contributed by atoms with E-state index in [4.69, 9.17) is 11.6 Å². The van der Waals surface area contributed by atoms with Crippen LogP contribution in [0.1, 0.15) is 45.1 Å². The summed E-state index contributed by atoms with van der Waals surface area (Å²) in [4.78, 5) is 28.5. The summed E-state index contributed by atoms with van der Waals surface area (Å²) < 4.78 is 39.0. The first-order valence-electron chi connectivity index (χ1n) is 11.0. The Hall–Kier alpha value is -2.00. The zero-order valence-electron chi connectivity index (χ0n) is 18.6. The summed E-state index contributed by atoms with van der Waals surface area (Å²) in [6.45, 7) is 6.49. The molecule has 1 saturated heterocycles. The van der Waals surface area contributed by atoms with Crippen LogP contribution in [0.2, 0.25) is 0 Å². The van der Waals surface area contributed by atoms with Crippen LogP contribution >= 0.6 is 11.6 Å². The molecule has 1 fully saturated rings. The summed E-state index contributed by atoms with van der Waals surface area (Å²) >= 11 is 5.51. The van der Waals surface area contributed by atoms with Gasteiger partial charge in [0.15, 0.2) is 0 Å². The second-order valence-electron chi connectivity index (χ2n) is 8.09. The van der Waals surface area contributed by atoms with Crippen LogP contribution in [0, 0.1) is 0 Å². The zero-order valence-corrected chi connectivity index (χ0v) is 19.3.